The van der Waals surface area contributed by atoms with Gasteiger partial charge in [-0.25, -0.2) is 8.42 Å². The molecule has 0 aromatic heterocycles. The Morgan fingerprint density at radius 3 is 2.00 bits per heavy atom. The minimum Gasteiger partial charge on any atom is -0.508 e. The van der Waals surface area contributed by atoms with Gasteiger partial charge in [-0.1, -0.05) is 18.2 Å². The number of hydrogen-bond acceptors (Lipinski definition) is 3. The van der Waals surface area contributed by atoms with Gasteiger partial charge in [0, 0.05) is 6.26 Å². The van der Waals surface area contributed by atoms with Crippen molar-refractivity contribution < 1.29 is 13.5 Å². The van der Waals surface area contributed by atoms with Gasteiger partial charge in [0.25, 0.3) is 0 Å². The topological polar surface area (TPSA) is 54.4 Å². The summed E-state index contributed by atoms with van der Waals surface area (Å²) in [5.41, 5.74) is 2.66. The van der Waals surface area contributed by atoms with Crippen molar-refractivity contribution in [2.24, 2.45) is 0 Å². The molecule has 0 bridgehead atoms. The van der Waals surface area contributed by atoms with Crippen molar-refractivity contribution in [1.29, 1.82) is 0 Å². The first-order chi connectivity index (χ1) is 8.38. The van der Waals surface area contributed by atoms with Crippen LogP contribution in [0.5, 0.6) is 5.75 Å². The van der Waals surface area contributed by atoms with Crippen LogP contribution in [0.2, 0.25) is 0 Å². The van der Waals surface area contributed by atoms with E-state index < -0.39 is 9.84 Å². The lowest BCUT2D eigenvalue weighted by atomic mass is 10.0. The number of phenolic OH excluding ortho intramolecular Hbond substituents is 1. The molecule has 0 saturated carbocycles. The molecular formula is C14H14O3S. The average Bonchev–Trinajstić information content (AvgIpc) is 2.32. The first-order valence-electron chi connectivity index (χ1n) is 5.48. The third-order valence-corrected chi connectivity index (χ3v) is 3.94. The quantitative estimate of drug-likeness (QED) is 0.905. The molecule has 0 fully saturated rings. The van der Waals surface area contributed by atoms with Crippen molar-refractivity contribution in [2.75, 3.05) is 6.26 Å². The molecule has 2 aromatic carbocycles. The van der Waals surface area contributed by atoms with Gasteiger partial charge in [0.15, 0.2) is 9.84 Å². The fourth-order valence-electron chi connectivity index (χ4n) is 1.73. The molecular weight excluding hydrogens is 248 g/mol. The lowest BCUT2D eigenvalue weighted by molar-refractivity contribution is 0.471. The van der Waals surface area contributed by atoms with Crippen molar-refractivity contribution in [3.63, 3.8) is 0 Å². The highest BCUT2D eigenvalue weighted by atomic mass is 32.2. The highest BCUT2D eigenvalue weighted by Gasteiger charge is 2.07. The van der Waals surface area contributed by atoms with E-state index >= 15 is 0 Å². The fourth-order valence-corrected chi connectivity index (χ4v) is 2.36. The van der Waals surface area contributed by atoms with E-state index in [-0.39, 0.29) is 5.75 Å². The van der Waals surface area contributed by atoms with E-state index in [0.29, 0.717) is 4.90 Å². The number of hydrogen-bond donors (Lipinski definition) is 1. The molecule has 3 nitrogen and oxygen atoms in total. The monoisotopic (exact) mass is 262 g/mol. The van der Waals surface area contributed by atoms with Crippen LogP contribution in [0.4, 0.5) is 0 Å². The van der Waals surface area contributed by atoms with Gasteiger partial charge >= 0.3 is 0 Å². The molecule has 0 heterocycles. The number of sulfone groups is 1. The van der Waals surface area contributed by atoms with Gasteiger partial charge in [0.05, 0.1) is 4.90 Å². The van der Waals surface area contributed by atoms with Crippen LogP contribution in [0.1, 0.15) is 5.56 Å². The summed E-state index contributed by atoms with van der Waals surface area (Å²) in [5, 5.41) is 9.46. The molecule has 4 heteroatoms. The molecule has 94 valence electrons. The molecule has 0 saturated heterocycles. The van der Waals surface area contributed by atoms with Crippen LogP contribution >= 0.6 is 0 Å². The van der Waals surface area contributed by atoms with Crippen molar-refractivity contribution >= 4 is 9.84 Å². The summed E-state index contributed by atoms with van der Waals surface area (Å²) in [6.07, 6.45) is 1.19. The van der Waals surface area contributed by atoms with Gasteiger partial charge in [-0.05, 0) is 47.9 Å². The Kier molecular flexibility index (Phi) is 3.13. The summed E-state index contributed by atoms with van der Waals surface area (Å²) in [4.78, 5) is 0.307. The van der Waals surface area contributed by atoms with Crippen LogP contribution in [0.3, 0.4) is 0 Å². The molecule has 0 amide bonds. The maximum Gasteiger partial charge on any atom is 0.175 e. The first-order valence-corrected chi connectivity index (χ1v) is 7.37. The second-order valence-corrected chi connectivity index (χ2v) is 6.31. The molecule has 0 radical (unpaired) electrons. The molecule has 18 heavy (non-hydrogen) atoms. The smallest absolute Gasteiger partial charge is 0.175 e. The van der Waals surface area contributed by atoms with E-state index in [1.165, 1.54) is 6.26 Å². The first kappa shape index (κ1) is 12.6. The Morgan fingerprint density at radius 1 is 0.944 bits per heavy atom. The second kappa shape index (κ2) is 4.46. The van der Waals surface area contributed by atoms with Gasteiger partial charge in [0.2, 0.25) is 0 Å². The molecule has 0 aliphatic heterocycles. The summed E-state index contributed by atoms with van der Waals surface area (Å²) in [5.74, 6) is 0.256. The summed E-state index contributed by atoms with van der Waals surface area (Å²) in [7, 11) is -3.16. The predicted molar refractivity (Wildman–Crippen MR) is 71.4 cm³/mol. The Hall–Kier alpha value is -1.81. The summed E-state index contributed by atoms with van der Waals surface area (Å²) in [6, 6.07) is 12.0. The normalized spacial score (nSPS) is 11.4. The van der Waals surface area contributed by atoms with Crippen LogP contribution in [-0.4, -0.2) is 19.8 Å². The summed E-state index contributed by atoms with van der Waals surface area (Å²) in [6.45, 7) is 1.82. The predicted octanol–water partition coefficient (Wildman–Crippen LogP) is 2.77. The lowest BCUT2D eigenvalue weighted by Crippen LogP contribution is -1.96. The van der Waals surface area contributed by atoms with Crippen molar-refractivity contribution in [3.05, 3.63) is 48.0 Å². The third-order valence-electron chi connectivity index (χ3n) is 2.81. The highest BCUT2D eigenvalue weighted by Crippen LogP contribution is 2.26. The van der Waals surface area contributed by atoms with Crippen LogP contribution in [-0.2, 0) is 9.84 Å². The highest BCUT2D eigenvalue weighted by molar-refractivity contribution is 7.90. The SMILES string of the molecule is Cc1cc(-c2ccc(S(C)(=O)=O)cc2)ccc1O. The van der Waals surface area contributed by atoms with Crippen molar-refractivity contribution in [3.8, 4) is 16.9 Å². The zero-order valence-corrected chi connectivity index (χ0v) is 11.0. The van der Waals surface area contributed by atoms with Gasteiger partial charge in [-0.15, -0.1) is 0 Å². The zero-order chi connectivity index (χ0) is 13.3. The maximum atomic E-state index is 11.3. The van der Waals surface area contributed by atoms with Crippen LogP contribution < -0.4 is 0 Å². The van der Waals surface area contributed by atoms with E-state index in [1.807, 2.05) is 13.0 Å². The Morgan fingerprint density at radius 2 is 1.50 bits per heavy atom. The van der Waals surface area contributed by atoms with Gasteiger partial charge in [0.1, 0.15) is 5.75 Å². The van der Waals surface area contributed by atoms with Crippen molar-refractivity contribution in [1.82, 2.24) is 0 Å². The minimum absolute atomic E-state index is 0.256. The minimum atomic E-state index is -3.16. The molecule has 0 atom stereocenters. The largest absolute Gasteiger partial charge is 0.508 e. The number of rotatable bonds is 2. The van der Waals surface area contributed by atoms with Gasteiger partial charge in [-0.3, -0.25) is 0 Å². The zero-order valence-electron chi connectivity index (χ0n) is 10.2. The number of aryl methyl sites for hydroxylation is 1. The van der Waals surface area contributed by atoms with Gasteiger partial charge in [-0.2, -0.15) is 0 Å². The average molecular weight is 262 g/mol. The fraction of sp³-hybridized carbons (Fsp3) is 0.143. The van der Waals surface area contributed by atoms with E-state index in [1.54, 1.807) is 36.4 Å². The van der Waals surface area contributed by atoms with Crippen molar-refractivity contribution in [2.45, 2.75) is 11.8 Å². The Balaban J connectivity index is 2.43. The second-order valence-electron chi connectivity index (χ2n) is 4.30. The molecule has 0 aliphatic carbocycles. The van der Waals surface area contributed by atoms with E-state index in [2.05, 4.69) is 0 Å². The number of aromatic hydroxyl groups is 1. The molecule has 2 rings (SSSR count). The van der Waals surface area contributed by atoms with Crippen LogP contribution in [0, 0.1) is 6.92 Å². The van der Waals surface area contributed by atoms with E-state index in [9.17, 15) is 13.5 Å². The van der Waals surface area contributed by atoms with Crippen LogP contribution in [0.15, 0.2) is 47.4 Å². The number of benzene rings is 2. The molecule has 2 aromatic rings. The Labute approximate surface area is 107 Å². The van der Waals surface area contributed by atoms with E-state index in [0.717, 1.165) is 16.7 Å². The number of phenols is 1. The van der Waals surface area contributed by atoms with Gasteiger partial charge < -0.3 is 5.11 Å². The van der Waals surface area contributed by atoms with E-state index in [4.69, 9.17) is 0 Å². The summed E-state index contributed by atoms with van der Waals surface area (Å²) >= 11 is 0. The van der Waals surface area contributed by atoms with Crippen LogP contribution in [0.25, 0.3) is 11.1 Å². The molecule has 0 unspecified atom stereocenters. The molecule has 0 aliphatic rings. The standard InChI is InChI=1S/C14H14O3S/c1-10-9-12(5-8-14(10)15)11-3-6-13(7-4-11)18(2,16)17/h3-9,15H,1-2H3. The molecule has 0 spiro atoms. The Bertz CT molecular complexity index is 671. The molecule has 1 N–H and O–H groups in total. The lowest BCUT2D eigenvalue weighted by Gasteiger charge is -2.05. The third kappa shape index (κ3) is 2.54. The maximum absolute atomic E-state index is 11.3. The summed E-state index contributed by atoms with van der Waals surface area (Å²) < 4.78 is 22.7.